The lowest BCUT2D eigenvalue weighted by molar-refractivity contribution is 0.815. The van der Waals surface area contributed by atoms with Crippen molar-refractivity contribution in [3.63, 3.8) is 0 Å². The van der Waals surface area contributed by atoms with Crippen molar-refractivity contribution < 1.29 is 0 Å². The Labute approximate surface area is 90.2 Å². The maximum absolute atomic E-state index is 4.53. The molecule has 15 heavy (non-hydrogen) atoms. The second-order valence-corrected chi connectivity index (χ2v) is 4.53. The second kappa shape index (κ2) is 3.65. The van der Waals surface area contributed by atoms with E-state index in [9.17, 15) is 0 Å². The second-order valence-electron chi connectivity index (χ2n) is 4.53. The molecule has 80 valence electrons. The van der Waals surface area contributed by atoms with E-state index >= 15 is 0 Å². The SMILES string of the molecule is CC(C)c1ccn2cc(C(C)C)nc2n1. The topological polar surface area (TPSA) is 30.2 Å². The molecule has 0 atom stereocenters. The number of hydrogen-bond donors (Lipinski definition) is 0. The number of fused-ring (bicyclic) bond motifs is 1. The Morgan fingerprint density at radius 3 is 2.20 bits per heavy atom. The molecule has 0 N–H and O–H groups in total. The van der Waals surface area contributed by atoms with Crippen molar-refractivity contribution in [2.45, 2.75) is 39.5 Å². The van der Waals surface area contributed by atoms with Crippen LogP contribution in [0, 0.1) is 0 Å². The molecular formula is C12H17N3. The molecule has 2 heterocycles. The third-order valence-electron chi connectivity index (χ3n) is 2.55. The fraction of sp³-hybridized carbons (Fsp3) is 0.500. The van der Waals surface area contributed by atoms with Crippen LogP contribution in [-0.4, -0.2) is 14.4 Å². The van der Waals surface area contributed by atoms with Crippen molar-refractivity contribution in [3.05, 3.63) is 29.8 Å². The molecule has 0 saturated heterocycles. The minimum Gasteiger partial charge on any atom is -0.291 e. The molecule has 0 saturated carbocycles. The zero-order valence-electron chi connectivity index (χ0n) is 9.73. The summed E-state index contributed by atoms with van der Waals surface area (Å²) in [5, 5.41) is 0. The van der Waals surface area contributed by atoms with E-state index in [-0.39, 0.29) is 0 Å². The van der Waals surface area contributed by atoms with Crippen molar-refractivity contribution >= 4 is 5.78 Å². The van der Waals surface area contributed by atoms with Gasteiger partial charge in [0, 0.05) is 18.1 Å². The summed E-state index contributed by atoms with van der Waals surface area (Å²) < 4.78 is 1.99. The summed E-state index contributed by atoms with van der Waals surface area (Å²) in [7, 11) is 0. The third kappa shape index (κ3) is 1.87. The number of hydrogen-bond acceptors (Lipinski definition) is 2. The van der Waals surface area contributed by atoms with Gasteiger partial charge in [-0.3, -0.25) is 4.40 Å². The van der Waals surface area contributed by atoms with Crippen LogP contribution in [0.15, 0.2) is 18.5 Å². The summed E-state index contributed by atoms with van der Waals surface area (Å²) in [6, 6.07) is 2.06. The standard InChI is InChI=1S/C12H17N3/c1-8(2)10-5-6-15-7-11(9(3)4)14-12(15)13-10/h5-9H,1-4H3. The summed E-state index contributed by atoms with van der Waals surface area (Å²) in [6.45, 7) is 8.58. The van der Waals surface area contributed by atoms with Gasteiger partial charge >= 0.3 is 0 Å². The van der Waals surface area contributed by atoms with Crippen LogP contribution in [0.5, 0.6) is 0 Å². The van der Waals surface area contributed by atoms with Crippen LogP contribution < -0.4 is 0 Å². The van der Waals surface area contributed by atoms with Crippen LogP contribution in [0.25, 0.3) is 5.78 Å². The first-order chi connectivity index (χ1) is 7.08. The van der Waals surface area contributed by atoms with Gasteiger partial charge in [0.05, 0.1) is 5.69 Å². The minimum atomic E-state index is 0.453. The van der Waals surface area contributed by atoms with Crippen LogP contribution >= 0.6 is 0 Å². The number of imidazole rings is 1. The Bertz CT molecular complexity index is 463. The molecule has 0 spiro atoms. The van der Waals surface area contributed by atoms with E-state index in [1.165, 1.54) is 0 Å². The lowest BCUT2D eigenvalue weighted by Crippen LogP contribution is -1.95. The summed E-state index contributed by atoms with van der Waals surface area (Å²) in [4.78, 5) is 9.04. The zero-order chi connectivity index (χ0) is 11.0. The van der Waals surface area contributed by atoms with Gasteiger partial charge in [0.25, 0.3) is 0 Å². The Morgan fingerprint density at radius 2 is 1.60 bits per heavy atom. The fourth-order valence-corrected chi connectivity index (χ4v) is 1.50. The van der Waals surface area contributed by atoms with Crippen LogP contribution in [-0.2, 0) is 0 Å². The molecule has 2 rings (SSSR count). The van der Waals surface area contributed by atoms with E-state index in [4.69, 9.17) is 0 Å². The lowest BCUT2D eigenvalue weighted by atomic mass is 10.1. The average molecular weight is 203 g/mol. The van der Waals surface area contributed by atoms with Crippen LogP contribution in [0.2, 0.25) is 0 Å². The van der Waals surface area contributed by atoms with Gasteiger partial charge in [-0.1, -0.05) is 27.7 Å². The van der Waals surface area contributed by atoms with Crippen LogP contribution in [0.4, 0.5) is 0 Å². The Hall–Kier alpha value is -1.38. The molecule has 0 aliphatic carbocycles. The molecule has 0 radical (unpaired) electrons. The molecule has 3 nitrogen and oxygen atoms in total. The van der Waals surface area contributed by atoms with E-state index in [1.54, 1.807) is 0 Å². The highest BCUT2D eigenvalue weighted by molar-refractivity contribution is 5.33. The molecule has 0 fully saturated rings. The smallest absolute Gasteiger partial charge is 0.234 e. The quantitative estimate of drug-likeness (QED) is 0.751. The first-order valence-electron chi connectivity index (χ1n) is 5.43. The number of nitrogens with zero attached hydrogens (tertiary/aromatic N) is 3. The van der Waals surface area contributed by atoms with E-state index in [1.807, 2.05) is 10.6 Å². The predicted molar refractivity (Wildman–Crippen MR) is 61.2 cm³/mol. The van der Waals surface area contributed by atoms with Gasteiger partial charge < -0.3 is 0 Å². The van der Waals surface area contributed by atoms with Gasteiger partial charge in [0.15, 0.2) is 0 Å². The van der Waals surface area contributed by atoms with Gasteiger partial charge in [-0.25, -0.2) is 9.97 Å². The minimum absolute atomic E-state index is 0.453. The van der Waals surface area contributed by atoms with Gasteiger partial charge in [-0.05, 0) is 17.9 Å². The highest BCUT2D eigenvalue weighted by Gasteiger charge is 2.08. The molecule has 0 aromatic carbocycles. The monoisotopic (exact) mass is 203 g/mol. The van der Waals surface area contributed by atoms with E-state index < -0.39 is 0 Å². The predicted octanol–water partition coefficient (Wildman–Crippen LogP) is 2.98. The maximum Gasteiger partial charge on any atom is 0.234 e. The van der Waals surface area contributed by atoms with Crippen molar-refractivity contribution in [3.8, 4) is 0 Å². The lowest BCUT2D eigenvalue weighted by Gasteiger charge is -2.02. The maximum atomic E-state index is 4.53. The third-order valence-corrected chi connectivity index (χ3v) is 2.55. The van der Waals surface area contributed by atoms with Crippen LogP contribution in [0.1, 0.15) is 50.9 Å². The molecule has 2 aromatic rings. The molecule has 3 heteroatoms. The summed E-state index contributed by atoms with van der Waals surface area (Å²) in [6.07, 6.45) is 4.09. The average Bonchev–Trinajstić information content (AvgIpc) is 2.59. The largest absolute Gasteiger partial charge is 0.291 e. The van der Waals surface area contributed by atoms with E-state index in [0.717, 1.165) is 17.2 Å². The highest BCUT2D eigenvalue weighted by atomic mass is 15.1. The van der Waals surface area contributed by atoms with E-state index in [2.05, 4.69) is 49.9 Å². The van der Waals surface area contributed by atoms with Crippen molar-refractivity contribution in [1.82, 2.24) is 14.4 Å². The van der Waals surface area contributed by atoms with Gasteiger partial charge in [0.1, 0.15) is 0 Å². The summed E-state index contributed by atoms with van der Waals surface area (Å²) in [5.74, 6) is 1.72. The first-order valence-corrected chi connectivity index (χ1v) is 5.43. The number of rotatable bonds is 2. The molecule has 2 aromatic heterocycles. The number of aromatic nitrogens is 3. The van der Waals surface area contributed by atoms with Crippen LogP contribution in [0.3, 0.4) is 0 Å². The summed E-state index contributed by atoms with van der Waals surface area (Å²) in [5.41, 5.74) is 2.20. The van der Waals surface area contributed by atoms with Crippen molar-refractivity contribution in [2.75, 3.05) is 0 Å². The van der Waals surface area contributed by atoms with Crippen molar-refractivity contribution in [2.24, 2.45) is 0 Å². The molecule has 0 aliphatic rings. The molecular weight excluding hydrogens is 186 g/mol. The summed E-state index contributed by atoms with van der Waals surface area (Å²) >= 11 is 0. The molecule has 0 unspecified atom stereocenters. The highest BCUT2D eigenvalue weighted by Crippen LogP contribution is 2.16. The first kappa shape index (κ1) is 10.1. The molecule has 0 aliphatic heterocycles. The van der Waals surface area contributed by atoms with Gasteiger partial charge in [0.2, 0.25) is 5.78 Å². The fourth-order valence-electron chi connectivity index (χ4n) is 1.50. The molecule has 0 amide bonds. The zero-order valence-corrected chi connectivity index (χ0v) is 9.73. The van der Waals surface area contributed by atoms with Gasteiger partial charge in [-0.15, -0.1) is 0 Å². The normalized spacial score (nSPS) is 11.9. The molecule has 0 bridgehead atoms. The Kier molecular flexibility index (Phi) is 2.47. The Morgan fingerprint density at radius 1 is 1.00 bits per heavy atom. The Balaban J connectivity index is 2.52. The van der Waals surface area contributed by atoms with Crippen molar-refractivity contribution in [1.29, 1.82) is 0 Å². The van der Waals surface area contributed by atoms with Gasteiger partial charge in [-0.2, -0.15) is 0 Å². The van der Waals surface area contributed by atoms with E-state index in [0.29, 0.717) is 11.8 Å².